The fraction of sp³-hybridized carbons (Fsp3) is 0.571. The molecule has 2 aliphatic rings. The summed E-state index contributed by atoms with van der Waals surface area (Å²) in [4.78, 5) is 0. The maximum absolute atomic E-state index is 5.95. The Morgan fingerprint density at radius 1 is 1.28 bits per heavy atom. The summed E-state index contributed by atoms with van der Waals surface area (Å²) < 4.78 is 11.3. The molecule has 2 aliphatic heterocycles. The van der Waals surface area contributed by atoms with Crippen LogP contribution in [0.1, 0.15) is 12.0 Å². The average Bonchev–Trinajstić information content (AvgIpc) is 2.36. The molecule has 0 aromatic heterocycles. The second-order valence-electron chi connectivity index (χ2n) is 5.18. The molecule has 1 unspecified atom stereocenters. The molecule has 0 amide bonds. The number of benzene rings is 1. The molecule has 2 heterocycles. The predicted molar refractivity (Wildman–Crippen MR) is 71.2 cm³/mol. The maximum Gasteiger partial charge on any atom is 0.0710 e. The Morgan fingerprint density at radius 2 is 2.06 bits per heavy atom. The van der Waals surface area contributed by atoms with Gasteiger partial charge in [-0.05, 0) is 24.1 Å². The molecule has 2 saturated heterocycles. The minimum absolute atomic E-state index is 0.119. The lowest BCUT2D eigenvalue weighted by Gasteiger charge is -2.44. The predicted octanol–water partition coefficient (Wildman–Crippen LogP) is 1.99. The SMILES string of the molecule is Clc1ccc(C2(CC3CNCCO3)COC2)cc1. The standard InChI is InChI=1S/C14H18ClNO2/c15-12-3-1-11(2-4-12)14(9-17-10-14)7-13-8-16-5-6-18-13/h1-4,13,16H,5-10H2. The maximum atomic E-state index is 5.95. The summed E-state index contributed by atoms with van der Waals surface area (Å²) in [6.45, 7) is 4.28. The summed E-state index contributed by atoms with van der Waals surface area (Å²) >= 11 is 5.95. The Balaban J connectivity index is 1.74. The van der Waals surface area contributed by atoms with Gasteiger partial charge in [0.05, 0.1) is 25.9 Å². The minimum atomic E-state index is 0.119. The topological polar surface area (TPSA) is 30.5 Å². The van der Waals surface area contributed by atoms with Crippen molar-refractivity contribution in [1.82, 2.24) is 5.32 Å². The van der Waals surface area contributed by atoms with Gasteiger partial charge in [0.15, 0.2) is 0 Å². The first-order valence-corrected chi connectivity index (χ1v) is 6.82. The highest BCUT2D eigenvalue weighted by molar-refractivity contribution is 6.30. The van der Waals surface area contributed by atoms with Gasteiger partial charge >= 0.3 is 0 Å². The van der Waals surface area contributed by atoms with Gasteiger partial charge in [0.25, 0.3) is 0 Å². The van der Waals surface area contributed by atoms with Crippen LogP contribution in [0.3, 0.4) is 0 Å². The van der Waals surface area contributed by atoms with Crippen molar-refractivity contribution in [2.75, 3.05) is 32.9 Å². The van der Waals surface area contributed by atoms with Crippen LogP contribution < -0.4 is 5.32 Å². The van der Waals surface area contributed by atoms with Gasteiger partial charge in [0.2, 0.25) is 0 Å². The Bertz CT molecular complexity index is 397. The van der Waals surface area contributed by atoms with Crippen molar-refractivity contribution in [3.8, 4) is 0 Å². The molecular weight excluding hydrogens is 250 g/mol. The summed E-state index contributed by atoms with van der Waals surface area (Å²) in [7, 11) is 0. The Labute approximate surface area is 112 Å². The molecule has 98 valence electrons. The molecule has 1 atom stereocenters. The van der Waals surface area contributed by atoms with Gasteiger partial charge in [-0.15, -0.1) is 0 Å². The third-order valence-electron chi connectivity index (χ3n) is 3.84. The van der Waals surface area contributed by atoms with Crippen LogP contribution in [0.25, 0.3) is 0 Å². The van der Waals surface area contributed by atoms with E-state index in [4.69, 9.17) is 21.1 Å². The summed E-state index contributed by atoms with van der Waals surface area (Å²) in [6.07, 6.45) is 1.31. The van der Waals surface area contributed by atoms with Crippen molar-refractivity contribution in [3.63, 3.8) is 0 Å². The Hall–Kier alpha value is -0.610. The van der Waals surface area contributed by atoms with Crippen LogP contribution in [0, 0.1) is 0 Å². The van der Waals surface area contributed by atoms with E-state index in [1.165, 1.54) is 5.56 Å². The van der Waals surface area contributed by atoms with Crippen LogP contribution in [0.5, 0.6) is 0 Å². The second kappa shape index (κ2) is 5.17. The van der Waals surface area contributed by atoms with Crippen molar-refractivity contribution in [1.29, 1.82) is 0 Å². The monoisotopic (exact) mass is 267 g/mol. The quantitative estimate of drug-likeness (QED) is 0.909. The van der Waals surface area contributed by atoms with Gasteiger partial charge < -0.3 is 14.8 Å². The van der Waals surface area contributed by atoms with Crippen molar-refractivity contribution >= 4 is 11.6 Å². The van der Waals surface area contributed by atoms with Crippen LogP contribution in [0.4, 0.5) is 0 Å². The summed E-state index contributed by atoms with van der Waals surface area (Å²) in [5.74, 6) is 0. The van der Waals surface area contributed by atoms with Crippen LogP contribution >= 0.6 is 11.6 Å². The zero-order valence-electron chi connectivity index (χ0n) is 10.3. The first-order valence-electron chi connectivity index (χ1n) is 6.45. The van der Waals surface area contributed by atoms with E-state index in [2.05, 4.69) is 17.4 Å². The van der Waals surface area contributed by atoms with Crippen molar-refractivity contribution in [3.05, 3.63) is 34.9 Å². The molecule has 3 nitrogen and oxygen atoms in total. The molecule has 3 rings (SSSR count). The van der Waals surface area contributed by atoms with E-state index in [1.807, 2.05) is 12.1 Å². The van der Waals surface area contributed by atoms with Crippen molar-refractivity contribution in [2.45, 2.75) is 17.9 Å². The molecule has 0 radical (unpaired) electrons. The van der Waals surface area contributed by atoms with Gasteiger partial charge in [-0.2, -0.15) is 0 Å². The van der Waals surface area contributed by atoms with Gasteiger partial charge in [-0.1, -0.05) is 23.7 Å². The van der Waals surface area contributed by atoms with E-state index in [0.717, 1.165) is 44.4 Å². The lowest BCUT2D eigenvalue weighted by atomic mass is 9.74. The Morgan fingerprint density at radius 3 is 2.61 bits per heavy atom. The fourth-order valence-electron chi connectivity index (χ4n) is 2.74. The average molecular weight is 268 g/mol. The molecule has 2 fully saturated rings. The van der Waals surface area contributed by atoms with Crippen LogP contribution in [0.2, 0.25) is 5.02 Å². The largest absolute Gasteiger partial charge is 0.379 e. The van der Waals surface area contributed by atoms with Gasteiger partial charge in [0.1, 0.15) is 0 Å². The van der Waals surface area contributed by atoms with E-state index < -0.39 is 0 Å². The highest BCUT2D eigenvalue weighted by atomic mass is 35.5. The smallest absolute Gasteiger partial charge is 0.0710 e. The molecule has 18 heavy (non-hydrogen) atoms. The third kappa shape index (κ3) is 2.41. The lowest BCUT2D eigenvalue weighted by Crippen LogP contribution is -2.52. The first-order chi connectivity index (χ1) is 8.78. The number of halogens is 1. The molecule has 1 aromatic rings. The summed E-state index contributed by atoms with van der Waals surface area (Å²) in [6, 6.07) is 8.14. The number of ether oxygens (including phenoxy) is 2. The van der Waals surface area contributed by atoms with Crippen molar-refractivity contribution in [2.24, 2.45) is 0 Å². The van der Waals surface area contributed by atoms with Crippen LogP contribution in [0.15, 0.2) is 24.3 Å². The van der Waals surface area contributed by atoms with Gasteiger partial charge in [0, 0.05) is 23.5 Å². The van der Waals surface area contributed by atoms with Gasteiger partial charge in [-0.25, -0.2) is 0 Å². The number of nitrogens with one attached hydrogen (secondary N) is 1. The zero-order chi connectivity index (χ0) is 12.4. The molecule has 0 saturated carbocycles. The fourth-order valence-corrected chi connectivity index (χ4v) is 2.87. The molecule has 4 heteroatoms. The molecular formula is C14H18ClNO2. The normalized spacial score (nSPS) is 26.6. The van der Waals surface area contributed by atoms with Crippen molar-refractivity contribution < 1.29 is 9.47 Å². The Kier molecular flexibility index (Phi) is 3.57. The van der Waals surface area contributed by atoms with E-state index in [-0.39, 0.29) is 5.41 Å². The summed E-state index contributed by atoms with van der Waals surface area (Å²) in [5, 5.41) is 4.16. The minimum Gasteiger partial charge on any atom is -0.379 e. The molecule has 0 bridgehead atoms. The second-order valence-corrected chi connectivity index (χ2v) is 5.62. The third-order valence-corrected chi connectivity index (χ3v) is 4.09. The lowest BCUT2D eigenvalue weighted by molar-refractivity contribution is -0.0942. The number of morpholine rings is 1. The van der Waals surface area contributed by atoms with E-state index >= 15 is 0 Å². The van der Waals surface area contributed by atoms with E-state index in [9.17, 15) is 0 Å². The number of hydrogen-bond acceptors (Lipinski definition) is 3. The zero-order valence-corrected chi connectivity index (χ0v) is 11.1. The molecule has 0 spiro atoms. The molecule has 0 aliphatic carbocycles. The van der Waals surface area contributed by atoms with E-state index in [0.29, 0.717) is 6.10 Å². The summed E-state index contributed by atoms with van der Waals surface area (Å²) in [5.41, 5.74) is 1.43. The van der Waals surface area contributed by atoms with Gasteiger partial charge in [-0.3, -0.25) is 0 Å². The highest BCUT2D eigenvalue weighted by Gasteiger charge is 2.42. The van der Waals surface area contributed by atoms with Crippen LogP contribution in [-0.4, -0.2) is 39.0 Å². The number of hydrogen-bond donors (Lipinski definition) is 1. The van der Waals surface area contributed by atoms with Crippen LogP contribution in [-0.2, 0) is 14.9 Å². The first kappa shape index (κ1) is 12.4. The molecule has 1 aromatic carbocycles. The number of rotatable bonds is 3. The highest BCUT2D eigenvalue weighted by Crippen LogP contribution is 2.38. The van der Waals surface area contributed by atoms with E-state index in [1.54, 1.807) is 0 Å². The molecule has 1 N–H and O–H groups in total.